The van der Waals surface area contributed by atoms with Crippen LogP contribution in [-0.4, -0.2) is 28.9 Å². The standard InChI is InChI=1S/C25H22N2O4/c1-16-8-6-9-17(24(16)28)14-15-22-26-19-11-5-4-10-18(19)25(29)27(22)23-20(30-2)12-7-13-21(23)31-3/h4-15,28H,1-3H3/b15-14+. The molecule has 0 aliphatic rings. The Hall–Kier alpha value is -4.06. The van der Waals surface area contributed by atoms with Crippen LogP contribution in [0.3, 0.4) is 0 Å². The smallest absolute Gasteiger partial charge is 0.266 e. The lowest BCUT2D eigenvalue weighted by Crippen LogP contribution is -2.23. The van der Waals surface area contributed by atoms with Gasteiger partial charge in [0.2, 0.25) is 0 Å². The van der Waals surface area contributed by atoms with Gasteiger partial charge in [0.25, 0.3) is 5.56 Å². The van der Waals surface area contributed by atoms with Gasteiger partial charge in [-0.1, -0.05) is 36.4 Å². The van der Waals surface area contributed by atoms with Crippen molar-refractivity contribution in [2.24, 2.45) is 0 Å². The van der Waals surface area contributed by atoms with Gasteiger partial charge in [0.15, 0.2) is 0 Å². The fourth-order valence-corrected chi connectivity index (χ4v) is 3.51. The summed E-state index contributed by atoms with van der Waals surface area (Å²) in [6.07, 6.45) is 3.44. The average molecular weight is 414 g/mol. The van der Waals surface area contributed by atoms with Gasteiger partial charge in [-0.2, -0.15) is 0 Å². The van der Waals surface area contributed by atoms with E-state index in [1.807, 2.05) is 25.1 Å². The minimum Gasteiger partial charge on any atom is -0.507 e. The number of hydrogen-bond acceptors (Lipinski definition) is 5. The molecule has 0 saturated carbocycles. The lowest BCUT2D eigenvalue weighted by Gasteiger charge is -2.17. The highest BCUT2D eigenvalue weighted by Gasteiger charge is 2.19. The second-order valence-corrected chi connectivity index (χ2v) is 6.98. The molecule has 6 heteroatoms. The quantitative estimate of drug-likeness (QED) is 0.517. The first-order chi connectivity index (χ1) is 15.0. The zero-order chi connectivity index (χ0) is 22.0. The molecule has 0 unspecified atom stereocenters. The molecule has 0 aliphatic carbocycles. The van der Waals surface area contributed by atoms with Crippen molar-refractivity contribution < 1.29 is 14.6 Å². The Bertz CT molecular complexity index is 1330. The third kappa shape index (κ3) is 3.64. The van der Waals surface area contributed by atoms with Crippen molar-refractivity contribution in [2.45, 2.75) is 6.92 Å². The monoisotopic (exact) mass is 414 g/mol. The fourth-order valence-electron chi connectivity index (χ4n) is 3.51. The number of para-hydroxylation sites is 3. The Kier molecular flexibility index (Phi) is 5.45. The summed E-state index contributed by atoms with van der Waals surface area (Å²) in [6.45, 7) is 1.83. The summed E-state index contributed by atoms with van der Waals surface area (Å²) in [7, 11) is 3.08. The Morgan fingerprint density at radius 2 is 1.58 bits per heavy atom. The molecule has 0 aliphatic heterocycles. The van der Waals surface area contributed by atoms with Gasteiger partial charge in [-0.05, 0) is 48.9 Å². The zero-order valence-corrected chi connectivity index (χ0v) is 17.5. The van der Waals surface area contributed by atoms with E-state index in [4.69, 9.17) is 14.5 Å². The maximum atomic E-state index is 13.5. The first-order valence-electron chi connectivity index (χ1n) is 9.75. The van der Waals surface area contributed by atoms with Gasteiger partial charge in [0, 0.05) is 5.56 Å². The van der Waals surface area contributed by atoms with Gasteiger partial charge in [-0.3, -0.25) is 9.36 Å². The molecule has 4 aromatic rings. The highest BCUT2D eigenvalue weighted by Crippen LogP contribution is 2.33. The number of methoxy groups -OCH3 is 2. The van der Waals surface area contributed by atoms with Crippen molar-refractivity contribution in [1.82, 2.24) is 9.55 Å². The van der Waals surface area contributed by atoms with E-state index in [-0.39, 0.29) is 11.3 Å². The number of nitrogens with zero attached hydrogens (tertiary/aromatic N) is 2. The van der Waals surface area contributed by atoms with Crippen LogP contribution in [0.1, 0.15) is 17.0 Å². The topological polar surface area (TPSA) is 73.6 Å². The van der Waals surface area contributed by atoms with Gasteiger partial charge in [0.05, 0.1) is 25.1 Å². The second kappa shape index (κ2) is 8.36. The molecule has 0 radical (unpaired) electrons. The Morgan fingerprint density at radius 3 is 2.29 bits per heavy atom. The van der Waals surface area contributed by atoms with E-state index >= 15 is 0 Å². The van der Waals surface area contributed by atoms with Crippen LogP contribution in [0.25, 0.3) is 28.7 Å². The fraction of sp³-hybridized carbons (Fsp3) is 0.120. The summed E-state index contributed by atoms with van der Waals surface area (Å²) in [5, 5.41) is 10.9. The van der Waals surface area contributed by atoms with Crippen molar-refractivity contribution in [3.8, 4) is 22.9 Å². The highest BCUT2D eigenvalue weighted by molar-refractivity contribution is 5.81. The predicted octanol–water partition coefficient (Wildman–Crippen LogP) is 4.59. The minimum atomic E-state index is -0.249. The third-order valence-corrected chi connectivity index (χ3v) is 5.11. The van der Waals surface area contributed by atoms with Crippen LogP contribution in [0.5, 0.6) is 17.2 Å². The molecule has 1 heterocycles. The molecular weight excluding hydrogens is 392 g/mol. The number of hydrogen-bond donors (Lipinski definition) is 1. The van der Waals surface area contributed by atoms with Crippen LogP contribution < -0.4 is 15.0 Å². The molecule has 0 saturated heterocycles. The largest absolute Gasteiger partial charge is 0.507 e. The van der Waals surface area contributed by atoms with Crippen LogP contribution >= 0.6 is 0 Å². The van der Waals surface area contributed by atoms with Crippen LogP contribution in [0.2, 0.25) is 0 Å². The number of phenolic OH excluding ortho intramolecular Hbond substituents is 1. The summed E-state index contributed by atoms with van der Waals surface area (Å²) >= 11 is 0. The maximum Gasteiger partial charge on any atom is 0.266 e. The Balaban J connectivity index is 2.04. The first-order valence-corrected chi connectivity index (χ1v) is 9.75. The molecule has 0 fully saturated rings. The SMILES string of the molecule is COc1cccc(OC)c1-n1c(/C=C/c2cccc(C)c2O)nc2ccccc2c1=O. The van der Waals surface area contributed by atoms with Crippen LogP contribution in [0.4, 0.5) is 0 Å². The number of benzene rings is 3. The maximum absolute atomic E-state index is 13.5. The summed E-state index contributed by atoms with van der Waals surface area (Å²) in [5.74, 6) is 1.52. The molecule has 3 aromatic carbocycles. The number of aromatic hydroxyl groups is 1. The average Bonchev–Trinajstić information content (AvgIpc) is 2.80. The second-order valence-electron chi connectivity index (χ2n) is 6.98. The lowest BCUT2D eigenvalue weighted by molar-refractivity contribution is 0.390. The van der Waals surface area contributed by atoms with E-state index in [1.165, 1.54) is 18.8 Å². The van der Waals surface area contributed by atoms with E-state index < -0.39 is 0 Å². The summed E-state index contributed by atoms with van der Waals surface area (Å²) in [4.78, 5) is 18.3. The molecule has 0 spiro atoms. The van der Waals surface area contributed by atoms with Gasteiger partial charge >= 0.3 is 0 Å². The van der Waals surface area contributed by atoms with E-state index in [2.05, 4.69) is 0 Å². The van der Waals surface area contributed by atoms with Gasteiger partial charge in [0.1, 0.15) is 28.8 Å². The minimum absolute atomic E-state index is 0.184. The third-order valence-electron chi connectivity index (χ3n) is 5.11. The molecule has 1 N–H and O–H groups in total. The van der Waals surface area contributed by atoms with Crippen molar-refractivity contribution in [1.29, 1.82) is 0 Å². The highest BCUT2D eigenvalue weighted by atomic mass is 16.5. The molecule has 4 rings (SSSR count). The van der Waals surface area contributed by atoms with E-state index in [9.17, 15) is 9.90 Å². The number of phenols is 1. The van der Waals surface area contributed by atoms with Crippen molar-refractivity contribution in [2.75, 3.05) is 14.2 Å². The van der Waals surface area contributed by atoms with Crippen molar-refractivity contribution in [3.63, 3.8) is 0 Å². The first kappa shape index (κ1) is 20.2. The van der Waals surface area contributed by atoms with Crippen molar-refractivity contribution in [3.05, 3.63) is 88.0 Å². The Morgan fingerprint density at radius 1 is 0.903 bits per heavy atom. The molecule has 31 heavy (non-hydrogen) atoms. The molecule has 0 bridgehead atoms. The normalized spacial score (nSPS) is 11.2. The number of ether oxygens (including phenoxy) is 2. The summed E-state index contributed by atoms with van der Waals surface area (Å²) < 4.78 is 12.5. The summed E-state index contributed by atoms with van der Waals surface area (Å²) in [5.41, 5.74) is 2.18. The van der Waals surface area contributed by atoms with Crippen LogP contribution in [-0.2, 0) is 0 Å². The number of fused-ring (bicyclic) bond motifs is 1. The predicted molar refractivity (Wildman–Crippen MR) is 122 cm³/mol. The molecule has 0 amide bonds. The lowest BCUT2D eigenvalue weighted by atomic mass is 10.1. The summed E-state index contributed by atoms with van der Waals surface area (Å²) in [6, 6.07) is 18.0. The molecule has 0 atom stereocenters. The molecule has 156 valence electrons. The van der Waals surface area contributed by atoms with Gasteiger partial charge in [-0.25, -0.2) is 4.98 Å². The van der Waals surface area contributed by atoms with Crippen LogP contribution in [0.15, 0.2) is 65.5 Å². The van der Waals surface area contributed by atoms with E-state index in [0.29, 0.717) is 39.5 Å². The molecule has 1 aromatic heterocycles. The number of aromatic nitrogens is 2. The van der Waals surface area contributed by atoms with E-state index in [1.54, 1.807) is 54.6 Å². The Labute approximate surface area is 179 Å². The van der Waals surface area contributed by atoms with Gasteiger partial charge in [-0.15, -0.1) is 0 Å². The molecular formula is C25H22N2O4. The van der Waals surface area contributed by atoms with Gasteiger partial charge < -0.3 is 14.6 Å². The van der Waals surface area contributed by atoms with Crippen LogP contribution in [0, 0.1) is 6.92 Å². The molecule has 6 nitrogen and oxygen atoms in total. The zero-order valence-electron chi connectivity index (χ0n) is 17.5. The van der Waals surface area contributed by atoms with Crippen molar-refractivity contribution >= 4 is 23.1 Å². The number of rotatable bonds is 5. The van der Waals surface area contributed by atoms with E-state index in [0.717, 1.165) is 5.56 Å². The number of aryl methyl sites for hydroxylation is 1.